The van der Waals surface area contributed by atoms with Crippen molar-refractivity contribution in [3.8, 4) is 0 Å². The fourth-order valence-corrected chi connectivity index (χ4v) is 4.46. The topological polar surface area (TPSA) is 95.7 Å². The molecule has 0 unspecified atom stereocenters. The van der Waals surface area contributed by atoms with Crippen LogP contribution < -0.4 is 16.0 Å². The van der Waals surface area contributed by atoms with Crippen molar-refractivity contribution in [3.05, 3.63) is 19.0 Å². The SMILES string of the molecule is CC(=O)N(C)c1c(Br)c(N)c(Br)c(C(=O)NCCO)c1Br. The lowest BCUT2D eigenvalue weighted by Gasteiger charge is -2.23. The van der Waals surface area contributed by atoms with Crippen LogP contribution in [0, 0.1) is 0 Å². The van der Waals surface area contributed by atoms with E-state index in [2.05, 4.69) is 53.1 Å². The number of rotatable bonds is 4. The number of nitrogens with zero attached hydrogens (tertiary/aromatic N) is 1. The summed E-state index contributed by atoms with van der Waals surface area (Å²) >= 11 is 9.96. The number of nitrogen functional groups attached to an aromatic ring is 1. The predicted octanol–water partition coefficient (Wildman–Crippen LogP) is 2.26. The Morgan fingerprint density at radius 2 is 1.81 bits per heavy atom. The normalized spacial score (nSPS) is 10.4. The second-order valence-corrected chi connectivity index (χ2v) is 6.52. The van der Waals surface area contributed by atoms with Gasteiger partial charge in [0.05, 0.1) is 37.0 Å². The van der Waals surface area contributed by atoms with E-state index in [0.717, 1.165) is 0 Å². The number of aliphatic hydroxyl groups is 1. The van der Waals surface area contributed by atoms with Crippen molar-refractivity contribution in [1.82, 2.24) is 5.32 Å². The van der Waals surface area contributed by atoms with Crippen LogP contribution in [0.25, 0.3) is 0 Å². The lowest BCUT2D eigenvalue weighted by molar-refractivity contribution is -0.116. The molecule has 6 nitrogen and oxygen atoms in total. The smallest absolute Gasteiger partial charge is 0.253 e. The first-order valence-electron chi connectivity index (χ1n) is 5.83. The van der Waals surface area contributed by atoms with Crippen LogP contribution in [0.1, 0.15) is 17.3 Å². The van der Waals surface area contributed by atoms with Gasteiger partial charge in [-0.15, -0.1) is 0 Å². The molecule has 1 aromatic carbocycles. The van der Waals surface area contributed by atoms with Crippen molar-refractivity contribution in [1.29, 1.82) is 0 Å². The van der Waals surface area contributed by atoms with E-state index in [0.29, 0.717) is 24.8 Å². The van der Waals surface area contributed by atoms with Crippen molar-refractivity contribution < 1.29 is 14.7 Å². The highest BCUT2D eigenvalue weighted by molar-refractivity contribution is 9.12. The van der Waals surface area contributed by atoms with Gasteiger partial charge in [-0.25, -0.2) is 0 Å². The van der Waals surface area contributed by atoms with E-state index in [-0.39, 0.29) is 24.6 Å². The lowest BCUT2D eigenvalue weighted by Crippen LogP contribution is -2.29. The zero-order chi connectivity index (χ0) is 16.3. The molecule has 0 radical (unpaired) electrons. The summed E-state index contributed by atoms with van der Waals surface area (Å²) in [6.45, 7) is 1.35. The number of carbonyl (C=O) groups is 2. The van der Waals surface area contributed by atoms with Crippen LogP contribution in [0.3, 0.4) is 0 Å². The molecule has 0 aliphatic carbocycles. The third-order valence-corrected chi connectivity index (χ3v) is 5.16. The van der Waals surface area contributed by atoms with E-state index in [1.165, 1.54) is 11.8 Å². The molecule has 0 aliphatic heterocycles. The Balaban J connectivity index is 3.52. The van der Waals surface area contributed by atoms with Crippen molar-refractivity contribution in [2.75, 3.05) is 30.8 Å². The van der Waals surface area contributed by atoms with Crippen molar-refractivity contribution in [3.63, 3.8) is 0 Å². The van der Waals surface area contributed by atoms with Crippen LogP contribution in [-0.2, 0) is 4.79 Å². The molecule has 21 heavy (non-hydrogen) atoms. The maximum absolute atomic E-state index is 12.2. The summed E-state index contributed by atoms with van der Waals surface area (Å²) in [6, 6.07) is 0. The van der Waals surface area contributed by atoms with Gasteiger partial charge in [-0.2, -0.15) is 0 Å². The number of aliphatic hydroxyl groups excluding tert-OH is 1. The number of anilines is 2. The van der Waals surface area contributed by atoms with Gasteiger partial charge in [0.25, 0.3) is 5.91 Å². The molecule has 0 aromatic heterocycles. The molecule has 0 saturated heterocycles. The van der Waals surface area contributed by atoms with Crippen LogP contribution in [-0.4, -0.2) is 37.1 Å². The number of nitrogens with two attached hydrogens (primary N) is 1. The minimum Gasteiger partial charge on any atom is -0.397 e. The standard InChI is InChI=1S/C12H14Br3N3O3/c1-5(20)18(2)11-8(14)6(12(21)17-3-4-19)7(13)10(16)9(11)15/h19H,3-4,16H2,1-2H3,(H,17,21). The summed E-state index contributed by atoms with van der Waals surface area (Å²) in [7, 11) is 1.58. The van der Waals surface area contributed by atoms with Gasteiger partial charge < -0.3 is 21.1 Å². The van der Waals surface area contributed by atoms with Crippen LogP contribution in [0.5, 0.6) is 0 Å². The number of hydrogen-bond acceptors (Lipinski definition) is 4. The summed E-state index contributed by atoms with van der Waals surface area (Å²) in [5.74, 6) is -0.625. The van der Waals surface area contributed by atoms with E-state index in [4.69, 9.17) is 10.8 Å². The predicted molar refractivity (Wildman–Crippen MR) is 92.5 cm³/mol. The average Bonchev–Trinajstić information content (AvgIpc) is 2.42. The number of hydrogen-bond donors (Lipinski definition) is 3. The quantitative estimate of drug-likeness (QED) is 0.568. The number of carbonyl (C=O) groups excluding carboxylic acids is 2. The van der Waals surface area contributed by atoms with Gasteiger partial charge in [0.15, 0.2) is 0 Å². The maximum atomic E-state index is 12.2. The van der Waals surface area contributed by atoms with E-state index in [1.807, 2.05) is 0 Å². The van der Waals surface area contributed by atoms with Gasteiger partial charge in [0.2, 0.25) is 5.91 Å². The van der Waals surface area contributed by atoms with Gasteiger partial charge in [-0.3, -0.25) is 9.59 Å². The minimum atomic E-state index is -0.416. The van der Waals surface area contributed by atoms with Crippen LogP contribution in [0.4, 0.5) is 11.4 Å². The van der Waals surface area contributed by atoms with E-state index in [1.54, 1.807) is 7.05 Å². The van der Waals surface area contributed by atoms with E-state index in [9.17, 15) is 9.59 Å². The molecule has 9 heteroatoms. The molecule has 0 bridgehead atoms. The zero-order valence-electron chi connectivity index (χ0n) is 11.3. The van der Waals surface area contributed by atoms with E-state index < -0.39 is 5.91 Å². The third-order valence-electron chi connectivity index (χ3n) is 2.76. The second-order valence-electron chi connectivity index (χ2n) is 4.14. The van der Waals surface area contributed by atoms with Gasteiger partial charge >= 0.3 is 0 Å². The summed E-state index contributed by atoms with van der Waals surface area (Å²) in [5.41, 5.74) is 6.99. The van der Waals surface area contributed by atoms with Crippen LogP contribution in [0.2, 0.25) is 0 Å². The maximum Gasteiger partial charge on any atom is 0.253 e. The molecule has 1 aromatic rings. The van der Waals surface area contributed by atoms with Gasteiger partial charge in [-0.05, 0) is 47.8 Å². The highest BCUT2D eigenvalue weighted by Crippen LogP contribution is 2.45. The Hall–Kier alpha value is -0.640. The first-order valence-corrected chi connectivity index (χ1v) is 8.21. The molecular formula is C12H14Br3N3O3. The highest BCUT2D eigenvalue weighted by atomic mass is 79.9. The highest BCUT2D eigenvalue weighted by Gasteiger charge is 2.26. The Bertz CT molecular complexity index is 593. The second kappa shape index (κ2) is 7.57. The number of benzene rings is 1. The van der Waals surface area contributed by atoms with Crippen LogP contribution in [0.15, 0.2) is 13.4 Å². The lowest BCUT2D eigenvalue weighted by atomic mass is 10.1. The number of nitrogens with one attached hydrogen (secondary N) is 1. The molecule has 0 heterocycles. The monoisotopic (exact) mass is 485 g/mol. The molecule has 2 amide bonds. The zero-order valence-corrected chi connectivity index (χ0v) is 16.1. The summed E-state index contributed by atoms with van der Waals surface area (Å²) in [5, 5.41) is 11.3. The van der Waals surface area contributed by atoms with Crippen molar-refractivity contribution in [2.24, 2.45) is 0 Å². The Labute approximate surface area is 147 Å². The Morgan fingerprint density at radius 3 is 2.29 bits per heavy atom. The van der Waals surface area contributed by atoms with E-state index >= 15 is 0 Å². The average molecular weight is 488 g/mol. The fraction of sp³-hybridized carbons (Fsp3) is 0.333. The van der Waals surface area contributed by atoms with Crippen molar-refractivity contribution >= 4 is 71.0 Å². The fourth-order valence-electron chi connectivity index (χ4n) is 1.58. The molecule has 0 saturated carbocycles. The first kappa shape index (κ1) is 18.4. The summed E-state index contributed by atoms with van der Waals surface area (Å²) < 4.78 is 1.32. The molecule has 0 atom stereocenters. The van der Waals surface area contributed by atoms with Gasteiger partial charge in [-0.1, -0.05) is 0 Å². The Morgan fingerprint density at radius 1 is 1.24 bits per heavy atom. The molecule has 0 spiro atoms. The number of amides is 2. The minimum absolute atomic E-state index is 0.117. The molecule has 4 N–H and O–H groups in total. The van der Waals surface area contributed by atoms with Crippen molar-refractivity contribution in [2.45, 2.75) is 6.92 Å². The molecule has 116 valence electrons. The Kier molecular flexibility index (Phi) is 6.64. The summed E-state index contributed by atoms with van der Waals surface area (Å²) in [6.07, 6.45) is 0. The largest absolute Gasteiger partial charge is 0.397 e. The third kappa shape index (κ3) is 3.77. The molecule has 0 aliphatic rings. The molecular weight excluding hydrogens is 474 g/mol. The van der Waals surface area contributed by atoms with Crippen LogP contribution >= 0.6 is 47.8 Å². The number of halogens is 3. The van der Waals surface area contributed by atoms with Gasteiger partial charge in [0, 0.05) is 20.5 Å². The molecule has 0 fully saturated rings. The van der Waals surface area contributed by atoms with Gasteiger partial charge in [0.1, 0.15) is 0 Å². The summed E-state index contributed by atoms with van der Waals surface area (Å²) in [4.78, 5) is 25.2. The molecule has 1 rings (SSSR count). The first-order chi connectivity index (χ1) is 9.73.